The number of sulfonamides is 1. The quantitative estimate of drug-likeness (QED) is 0.607. The molecule has 0 bridgehead atoms. The Balaban J connectivity index is 1.33. The summed E-state index contributed by atoms with van der Waals surface area (Å²) >= 11 is 0. The van der Waals surface area contributed by atoms with Gasteiger partial charge in [0.15, 0.2) is 0 Å². The number of anilines is 2. The van der Waals surface area contributed by atoms with Crippen LogP contribution in [0.1, 0.15) is 18.5 Å². The van der Waals surface area contributed by atoms with Crippen molar-refractivity contribution in [3.63, 3.8) is 0 Å². The van der Waals surface area contributed by atoms with Gasteiger partial charge >= 0.3 is 0 Å². The number of likely N-dealkylation sites (N-methyl/N-ethyl adjacent to an activating group) is 1. The zero-order valence-electron chi connectivity index (χ0n) is 19.4. The van der Waals surface area contributed by atoms with E-state index in [0.717, 1.165) is 43.6 Å². The average molecular weight is 466 g/mol. The minimum atomic E-state index is -3.17. The van der Waals surface area contributed by atoms with Crippen molar-refractivity contribution >= 4 is 27.7 Å². The highest BCUT2D eigenvalue weighted by molar-refractivity contribution is 7.88. The molecule has 178 valence electrons. The van der Waals surface area contributed by atoms with E-state index in [1.54, 1.807) is 0 Å². The van der Waals surface area contributed by atoms with E-state index in [4.69, 9.17) is 4.98 Å². The molecule has 0 N–H and O–H groups in total. The number of carbonyl (C=O) groups excluding carboxylic acids is 1. The number of hydrogen-bond donors (Lipinski definition) is 0. The van der Waals surface area contributed by atoms with E-state index >= 15 is 0 Å². The molecule has 4 heterocycles. The lowest BCUT2D eigenvalue weighted by Gasteiger charge is -2.38. The SMILES string of the molecule is Cc1cc(N2CCN(C)CC2)nc(N2CCN(C(=O)C3CCN(S(C)(=O)=O)CC3)CC2)n1. The number of aromatic nitrogens is 2. The zero-order valence-corrected chi connectivity index (χ0v) is 20.2. The Morgan fingerprint density at radius 2 is 1.50 bits per heavy atom. The molecule has 0 saturated carbocycles. The maximum absolute atomic E-state index is 13.0. The number of amides is 1. The monoisotopic (exact) mass is 465 g/mol. The van der Waals surface area contributed by atoms with Crippen LogP contribution in [0.4, 0.5) is 11.8 Å². The Morgan fingerprint density at radius 1 is 0.906 bits per heavy atom. The summed E-state index contributed by atoms with van der Waals surface area (Å²) in [5, 5.41) is 0. The number of nitrogens with zero attached hydrogens (tertiary/aromatic N) is 7. The van der Waals surface area contributed by atoms with E-state index in [2.05, 4.69) is 32.8 Å². The van der Waals surface area contributed by atoms with Gasteiger partial charge in [-0.05, 0) is 26.8 Å². The van der Waals surface area contributed by atoms with Crippen LogP contribution in [-0.4, -0.2) is 117 Å². The Labute approximate surface area is 191 Å². The topological polar surface area (TPSA) is 93.2 Å². The molecule has 0 radical (unpaired) electrons. The molecule has 3 saturated heterocycles. The molecule has 10 nitrogen and oxygen atoms in total. The first kappa shape index (κ1) is 23.2. The molecule has 0 atom stereocenters. The standard InChI is InChI=1S/C21H35N7O3S/c1-17-16-19(25-10-8-24(2)9-11-25)23-21(22-17)27-14-12-26(13-15-27)20(29)18-4-6-28(7-5-18)32(3,30)31/h16,18H,4-15H2,1-3H3. The van der Waals surface area contributed by atoms with Gasteiger partial charge < -0.3 is 19.6 Å². The highest BCUT2D eigenvalue weighted by Gasteiger charge is 2.33. The normalized spacial score (nSPS) is 22.4. The molecule has 3 aliphatic rings. The number of piperidine rings is 1. The first-order valence-electron chi connectivity index (χ1n) is 11.5. The fraction of sp³-hybridized carbons (Fsp3) is 0.762. The number of rotatable bonds is 4. The molecular formula is C21H35N7O3S. The van der Waals surface area contributed by atoms with Gasteiger partial charge in [0, 0.05) is 83.1 Å². The van der Waals surface area contributed by atoms with Crippen molar-refractivity contribution < 1.29 is 13.2 Å². The molecule has 1 aromatic heterocycles. The van der Waals surface area contributed by atoms with Gasteiger partial charge in [0.25, 0.3) is 0 Å². The summed E-state index contributed by atoms with van der Waals surface area (Å²) in [4.78, 5) is 31.3. The Hall–Kier alpha value is -1.98. The van der Waals surface area contributed by atoms with Crippen molar-refractivity contribution in [3.8, 4) is 0 Å². The van der Waals surface area contributed by atoms with Crippen molar-refractivity contribution in [2.24, 2.45) is 5.92 Å². The predicted molar refractivity (Wildman–Crippen MR) is 124 cm³/mol. The molecule has 32 heavy (non-hydrogen) atoms. The highest BCUT2D eigenvalue weighted by Crippen LogP contribution is 2.24. The minimum absolute atomic E-state index is 0.0846. The largest absolute Gasteiger partial charge is 0.354 e. The number of piperazine rings is 2. The van der Waals surface area contributed by atoms with Crippen molar-refractivity contribution in [3.05, 3.63) is 11.8 Å². The van der Waals surface area contributed by atoms with Crippen LogP contribution in [0.5, 0.6) is 0 Å². The van der Waals surface area contributed by atoms with Crippen LogP contribution in [-0.2, 0) is 14.8 Å². The molecule has 4 rings (SSSR count). The second kappa shape index (κ2) is 9.48. The third-order valence-corrected chi connectivity index (χ3v) is 8.11. The van der Waals surface area contributed by atoms with E-state index in [1.807, 2.05) is 11.8 Å². The second-order valence-corrected chi connectivity index (χ2v) is 11.2. The van der Waals surface area contributed by atoms with Crippen LogP contribution < -0.4 is 9.80 Å². The Morgan fingerprint density at radius 3 is 2.09 bits per heavy atom. The van der Waals surface area contributed by atoms with E-state index in [-0.39, 0.29) is 11.8 Å². The predicted octanol–water partition coefficient (Wildman–Crippen LogP) is -0.143. The van der Waals surface area contributed by atoms with Gasteiger partial charge in [-0.3, -0.25) is 4.79 Å². The van der Waals surface area contributed by atoms with Crippen LogP contribution in [0.2, 0.25) is 0 Å². The lowest BCUT2D eigenvalue weighted by Crippen LogP contribution is -2.52. The van der Waals surface area contributed by atoms with E-state index in [0.29, 0.717) is 52.1 Å². The van der Waals surface area contributed by atoms with E-state index in [9.17, 15) is 13.2 Å². The summed E-state index contributed by atoms with van der Waals surface area (Å²) in [5.41, 5.74) is 0.958. The number of hydrogen-bond acceptors (Lipinski definition) is 8. The lowest BCUT2D eigenvalue weighted by atomic mass is 9.96. The molecule has 1 amide bonds. The van der Waals surface area contributed by atoms with Gasteiger partial charge in [-0.1, -0.05) is 0 Å². The van der Waals surface area contributed by atoms with Gasteiger partial charge in [0.1, 0.15) is 5.82 Å². The Bertz CT molecular complexity index is 917. The van der Waals surface area contributed by atoms with Crippen LogP contribution >= 0.6 is 0 Å². The molecule has 0 spiro atoms. The van der Waals surface area contributed by atoms with Crippen LogP contribution in [0.15, 0.2) is 6.07 Å². The summed E-state index contributed by atoms with van der Waals surface area (Å²) in [5.74, 6) is 1.80. The molecule has 0 unspecified atom stereocenters. The van der Waals surface area contributed by atoms with Crippen LogP contribution in [0, 0.1) is 12.8 Å². The lowest BCUT2D eigenvalue weighted by molar-refractivity contribution is -0.137. The third-order valence-electron chi connectivity index (χ3n) is 6.80. The van der Waals surface area contributed by atoms with E-state index in [1.165, 1.54) is 10.6 Å². The molecule has 3 aliphatic heterocycles. The fourth-order valence-corrected chi connectivity index (χ4v) is 5.57. The molecule has 0 aliphatic carbocycles. The molecular weight excluding hydrogens is 430 g/mol. The maximum atomic E-state index is 13.0. The van der Waals surface area contributed by atoms with E-state index < -0.39 is 10.0 Å². The maximum Gasteiger partial charge on any atom is 0.227 e. The minimum Gasteiger partial charge on any atom is -0.354 e. The number of aryl methyl sites for hydroxylation is 1. The Kier molecular flexibility index (Phi) is 6.87. The fourth-order valence-electron chi connectivity index (χ4n) is 4.69. The van der Waals surface area contributed by atoms with Gasteiger partial charge in [-0.15, -0.1) is 0 Å². The van der Waals surface area contributed by atoms with Gasteiger partial charge in [0.05, 0.1) is 6.26 Å². The summed E-state index contributed by atoms with van der Waals surface area (Å²) in [6.45, 7) is 9.57. The van der Waals surface area contributed by atoms with Crippen molar-refractivity contribution in [1.29, 1.82) is 0 Å². The zero-order chi connectivity index (χ0) is 22.9. The van der Waals surface area contributed by atoms with Crippen molar-refractivity contribution in [2.45, 2.75) is 19.8 Å². The van der Waals surface area contributed by atoms with Gasteiger partial charge in [0.2, 0.25) is 21.9 Å². The average Bonchev–Trinajstić information content (AvgIpc) is 2.78. The summed E-state index contributed by atoms with van der Waals surface area (Å²) in [7, 11) is -1.03. The summed E-state index contributed by atoms with van der Waals surface area (Å²) in [6.07, 6.45) is 2.43. The first-order valence-corrected chi connectivity index (χ1v) is 13.3. The summed E-state index contributed by atoms with van der Waals surface area (Å²) in [6, 6.07) is 2.05. The van der Waals surface area contributed by atoms with Crippen molar-refractivity contribution in [2.75, 3.05) is 88.6 Å². The molecule has 11 heteroatoms. The van der Waals surface area contributed by atoms with Crippen LogP contribution in [0.25, 0.3) is 0 Å². The molecule has 3 fully saturated rings. The second-order valence-electron chi connectivity index (χ2n) is 9.21. The summed E-state index contributed by atoms with van der Waals surface area (Å²) < 4.78 is 24.9. The van der Waals surface area contributed by atoms with Gasteiger partial charge in [-0.2, -0.15) is 4.98 Å². The van der Waals surface area contributed by atoms with Crippen molar-refractivity contribution in [1.82, 2.24) is 24.1 Å². The van der Waals surface area contributed by atoms with Gasteiger partial charge in [-0.25, -0.2) is 17.7 Å². The van der Waals surface area contributed by atoms with Crippen LogP contribution in [0.3, 0.4) is 0 Å². The third kappa shape index (κ3) is 5.32. The molecule has 1 aromatic rings. The molecule has 0 aromatic carbocycles. The number of carbonyl (C=O) groups is 1. The highest BCUT2D eigenvalue weighted by atomic mass is 32.2. The first-order chi connectivity index (χ1) is 15.2. The smallest absolute Gasteiger partial charge is 0.227 e.